The van der Waals surface area contributed by atoms with Crippen LogP contribution in [0, 0.1) is 11.3 Å². The van der Waals surface area contributed by atoms with Gasteiger partial charge in [0.1, 0.15) is 17.2 Å². The number of benzene rings is 1. The van der Waals surface area contributed by atoms with Crippen molar-refractivity contribution >= 4 is 34.6 Å². The van der Waals surface area contributed by atoms with E-state index in [0.717, 1.165) is 61.9 Å². The molecule has 3 aliphatic rings. The lowest BCUT2D eigenvalue weighted by Crippen LogP contribution is -2.55. The van der Waals surface area contributed by atoms with Crippen LogP contribution in [0.2, 0.25) is 0 Å². The minimum absolute atomic E-state index is 0.0212. The summed E-state index contributed by atoms with van der Waals surface area (Å²) in [7, 11) is 2.11. The second-order valence-electron chi connectivity index (χ2n) is 9.55. The van der Waals surface area contributed by atoms with Gasteiger partial charge in [0.05, 0.1) is 5.69 Å². The zero-order chi connectivity index (χ0) is 25.7. The average molecular weight is 515 g/mol. The first-order chi connectivity index (χ1) is 17.2. The molecule has 1 aliphatic carbocycles. The Bertz CT molecular complexity index is 1230. The minimum Gasteiger partial charge on any atom is -0.304 e. The average Bonchev–Trinajstić information content (AvgIpc) is 3.06. The molecule has 7 nitrogen and oxygen atoms in total. The number of hydrogen-bond donors (Lipinski definition) is 0. The van der Waals surface area contributed by atoms with Gasteiger partial charge in [-0.3, -0.25) is 14.6 Å². The molecule has 188 valence electrons. The van der Waals surface area contributed by atoms with Crippen LogP contribution in [0.4, 0.5) is 24.5 Å². The Kier molecular flexibility index (Phi) is 6.22. The van der Waals surface area contributed by atoms with E-state index in [1.807, 2.05) is 24.3 Å². The predicted molar refractivity (Wildman–Crippen MR) is 132 cm³/mol. The molecule has 1 spiro atoms. The molecule has 2 aromatic rings. The van der Waals surface area contributed by atoms with Crippen molar-refractivity contribution in [3.8, 4) is 6.07 Å². The number of carbonyl (C=O) groups excluding carboxylic acids is 1. The quantitative estimate of drug-likeness (QED) is 0.576. The summed E-state index contributed by atoms with van der Waals surface area (Å²) in [4.78, 5) is 24.5. The van der Waals surface area contributed by atoms with Crippen LogP contribution in [0.5, 0.6) is 0 Å². The number of rotatable bonds is 4. The van der Waals surface area contributed by atoms with E-state index in [4.69, 9.17) is 12.2 Å². The molecule has 1 amide bonds. The molecule has 5 rings (SSSR count). The van der Waals surface area contributed by atoms with Crippen LogP contribution in [-0.4, -0.2) is 64.6 Å². The highest BCUT2D eigenvalue weighted by Crippen LogP contribution is 2.49. The molecular formula is C25H25F3N6OS. The number of pyridine rings is 1. The van der Waals surface area contributed by atoms with Gasteiger partial charge in [0.25, 0.3) is 5.91 Å². The molecule has 0 bridgehead atoms. The molecule has 1 aromatic heterocycles. The van der Waals surface area contributed by atoms with E-state index in [0.29, 0.717) is 18.5 Å². The standard InChI is InChI=1S/C25H25F3N6OS/c1-31-11-13-32(14-12-31)16-17-3-5-18(6-4-17)34-23(36)33(22(35)24(34)8-2-9-24)20-7-10-30-19(15-29)21(20)25(26,27)28/h3-7,10H,2,8-9,11-14,16H2,1H3. The van der Waals surface area contributed by atoms with Crippen molar-refractivity contribution < 1.29 is 18.0 Å². The number of carbonyl (C=O) groups is 1. The van der Waals surface area contributed by atoms with Crippen molar-refractivity contribution in [1.29, 1.82) is 5.26 Å². The number of aromatic nitrogens is 1. The number of hydrogen-bond acceptors (Lipinski definition) is 6. The van der Waals surface area contributed by atoms with Crippen molar-refractivity contribution in [2.75, 3.05) is 43.0 Å². The topological polar surface area (TPSA) is 66.7 Å². The summed E-state index contributed by atoms with van der Waals surface area (Å²) < 4.78 is 41.9. The van der Waals surface area contributed by atoms with E-state index in [1.54, 1.807) is 4.90 Å². The van der Waals surface area contributed by atoms with Crippen molar-refractivity contribution in [3.63, 3.8) is 0 Å². The maximum Gasteiger partial charge on any atom is 0.421 e. The van der Waals surface area contributed by atoms with Gasteiger partial charge >= 0.3 is 6.18 Å². The highest BCUT2D eigenvalue weighted by molar-refractivity contribution is 7.81. The molecule has 36 heavy (non-hydrogen) atoms. The smallest absolute Gasteiger partial charge is 0.304 e. The maximum absolute atomic E-state index is 14.0. The fourth-order valence-corrected chi connectivity index (χ4v) is 5.67. The van der Waals surface area contributed by atoms with Gasteiger partial charge in [-0.15, -0.1) is 0 Å². The molecule has 0 unspecified atom stereocenters. The van der Waals surface area contributed by atoms with Crippen LogP contribution in [0.25, 0.3) is 0 Å². The first kappa shape index (κ1) is 24.6. The Morgan fingerprint density at radius 3 is 2.33 bits per heavy atom. The summed E-state index contributed by atoms with van der Waals surface area (Å²) in [6.07, 6.45) is -2.03. The number of nitrogens with zero attached hydrogens (tertiary/aromatic N) is 6. The van der Waals surface area contributed by atoms with Crippen molar-refractivity contribution in [2.24, 2.45) is 0 Å². The molecule has 2 saturated heterocycles. The number of nitriles is 1. The number of halogens is 3. The van der Waals surface area contributed by atoms with Gasteiger partial charge in [0, 0.05) is 44.6 Å². The zero-order valence-electron chi connectivity index (χ0n) is 19.8. The Labute approximate surface area is 212 Å². The number of anilines is 2. The molecule has 2 aliphatic heterocycles. The van der Waals surface area contributed by atoms with E-state index in [1.165, 1.54) is 6.07 Å². The SMILES string of the molecule is CN1CCN(Cc2ccc(N3C(=S)N(c4ccnc(C#N)c4C(F)(F)F)C(=O)C34CCC4)cc2)CC1. The lowest BCUT2D eigenvalue weighted by molar-refractivity contribution is -0.137. The molecule has 0 N–H and O–H groups in total. The number of alkyl halides is 3. The highest BCUT2D eigenvalue weighted by atomic mass is 32.1. The van der Waals surface area contributed by atoms with Gasteiger partial charge in [0.15, 0.2) is 10.8 Å². The molecule has 3 heterocycles. The third kappa shape index (κ3) is 4.03. The van der Waals surface area contributed by atoms with Gasteiger partial charge in [-0.05, 0) is 62.3 Å². The first-order valence-corrected chi connectivity index (χ1v) is 12.2. The number of thiocarbonyl (C=S) groups is 1. The van der Waals surface area contributed by atoms with Crippen molar-refractivity contribution in [2.45, 2.75) is 37.5 Å². The fraction of sp³-hybridized carbons (Fsp3) is 0.440. The zero-order valence-corrected chi connectivity index (χ0v) is 20.6. The first-order valence-electron chi connectivity index (χ1n) is 11.8. The van der Waals surface area contributed by atoms with E-state index in [-0.39, 0.29) is 5.11 Å². The van der Waals surface area contributed by atoms with Crippen LogP contribution in [0.3, 0.4) is 0 Å². The Balaban J connectivity index is 1.47. The fourth-order valence-electron chi connectivity index (χ4n) is 5.21. The molecule has 1 saturated carbocycles. The summed E-state index contributed by atoms with van der Waals surface area (Å²) in [5, 5.41) is 9.24. The minimum atomic E-state index is -4.88. The Morgan fingerprint density at radius 1 is 1.11 bits per heavy atom. The second-order valence-corrected chi connectivity index (χ2v) is 9.92. The van der Waals surface area contributed by atoms with Crippen molar-refractivity contribution in [3.05, 3.63) is 53.3 Å². The summed E-state index contributed by atoms with van der Waals surface area (Å²) >= 11 is 5.64. The third-order valence-electron chi connectivity index (χ3n) is 7.35. The van der Waals surface area contributed by atoms with Crippen LogP contribution < -0.4 is 9.80 Å². The van der Waals surface area contributed by atoms with Gasteiger partial charge in [-0.1, -0.05) is 12.1 Å². The number of piperazine rings is 1. The summed E-state index contributed by atoms with van der Waals surface area (Å²) in [5.74, 6) is -0.499. The van der Waals surface area contributed by atoms with Gasteiger partial charge < -0.3 is 9.80 Å². The van der Waals surface area contributed by atoms with E-state index in [2.05, 4.69) is 21.8 Å². The third-order valence-corrected chi connectivity index (χ3v) is 7.71. The highest BCUT2D eigenvalue weighted by Gasteiger charge is 2.60. The molecule has 1 aromatic carbocycles. The van der Waals surface area contributed by atoms with Gasteiger partial charge in [-0.2, -0.15) is 18.4 Å². The lowest BCUT2D eigenvalue weighted by atomic mass is 9.75. The van der Waals surface area contributed by atoms with Gasteiger partial charge in [0.2, 0.25) is 0 Å². The number of amides is 1. The second kappa shape index (κ2) is 9.10. The maximum atomic E-state index is 14.0. The molecule has 0 atom stereocenters. The molecule has 0 radical (unpaired) electrons. The predicted octanol–water partition coefficient (Wildman–Crippen LogP) is 3.78. The summed E-state index contributed by atoms with van der Waals surface area (Å²) in [6, 6.07) is 10.3. The van der Waals surface area contributed by atoms with E-state index < -0.39 is 34.6 Å². The normalized spacial score (nSPS) is 20.6. The Hall–Kier alpha value is -3.07. The Morgan fingerprint density at radius 2 is 1.78 bits per heavy atom. The van der Waals surface area contributed by atoms with Crippen LogP contribution in [0.15, 0.2) is 36.5 Å². The summed E-state index contributed by atoms with van der Waals surface area (Å²) in [6.45, 7) is 4.81. The number of likely N-dealkylation sites (N-methyl/N-ethyl adjacent to an activating group) is 1. The van der Waals surface area contributed by atoms with Gasteiger partial charge in [-0.25, -0.2) is 4.98 Å². The van der Waals surface area contributed by atoms with Crippen molar-refractivity contribution in [1.82, 2.24) is 14.8 Å². The van der Waals surface area contributed by atoms with Crippen LogP contribution >= 0.6 is 12.2 Å². The summed E-state index contributed by atoms with van der Waals surface area (Å²) in [5.41, 5.74) is -1.72. The van der Waals surface area contributed by atoms with E-state index >= 15 is 0 Å². The van der Waals surface area contributed by atoms with Crippen LogP contribution in [0.1, 0.15) is 36.1 Å². The monoisotopic (exact) mass is 514 g/mol. The largest absolute Gasteiger partial charge is 0.421 e. The molecule has 3 fully saturated rings. The van der Waals surface area contributed by atoms with E-state index in [9.17, 15) is 23.2 Å². The molecular weight excluding hydrogens is 489 g/mol. The molecule has 11 heteroatoms. The van der Waals surface area contributed by atoms with Crippen LogP contribution in [-0.2, 0) is 17.5 Å². The lowest BCUT2D eigenvalue weighted by Gasteiger charge is -2.43.